The van der Waals surface area contributed by atoms with Gasteiger partial charge in [0, 0.05) is 12.6 Å². The highest BCUT2D eigenvalue weighted by Crippen LogP contribution is 2.35. The zero-order chi connectivity index (χ0) is 24.2. The van der Waals surface area contributed by atoms with E-state index >= 15 is 0 Å². The molecule has 1 aromatic heterocycles. The fourth-order valence-corrected chi connectivity index (χ4v) is 5.14. The lowest BCUT2D eigenvalue weighted by molar-refractivity contribution is 0.0998. The zero-order valence-corrected chi connectivity index (χ0v) is 20.3. The van der Waals surface area contributed by atoms with Crippen LogP contribution in [0.1, 0.15) is 10.4 Å². The van der Waals surface area contributed by atoms with Crippen molar-refractivity contribution in [3.63, 3.8) is 0 Å². The summed E-state index contributed by atoms with van der Waals surface area (Å²) < 4.78 is 7.20. The molecule has 1 heterocycles. The van der Waals surface area contributed by atoms with E-state index in [-0.39, 0.29) is 5.91 Å². The molecule has 4 nitrogen and oxygen atoms in total. The van der Waals surface area contributed by atoms with Crippen LogP contribution in [0.4, 0.5) is 0 Å². The largest absolute Gasteiger partial charge is 0.497 e. The number of carbonyl (C=O) groups excluding carboxylic acids is 1. The van der Waals surface area contributed by atoms with Gasteiger partial charge in [0.1, 0.15) is 5.75 Å². The normalized spacial score (nSPS) is 11.4. The maximum absolute atomic E-state index is 12.9. The summed E-state index contributed by atoms with van der Waals surface area (Å²) in [5, 5.41) is 0. The lowest BCUT2D eigenvalue weighted by atomic mass is 10.0. The Balaban J connectivity index is 1.60. The highest BCUT2D eigenvalue weighted by Gasteiger charge is 2.16. The van der Waals surface area contributed by atoms with E-state index in [9.17, 15) is 4.79 Å². The van der Waals surface area contributed by atoms with Crippen LogP contribution in [-0.4, -0.2) is 17.6 Å². The van der Waals surface area contributed by atoms with E-state index in [2.05, 4.69) is 53.5 Å². The van der Waals surface area contributed by atoms with E-state index in [0.29, 0.717) is 16.1 Å². The van der Waals surface area contributed by atoms with Crippen LogP contribution < -0.4 is 9.54 Å². The van der Waals surface area contributed by atoms with Crippen molar-refractivity contribution >= 4 is 17.2 Å². The first-order valence-corrected chi connectivity index (χ1v) is 12.1. The number of ether oxygens (including phenoxy) is 1. The Labute approximate surface area is 208 Å². The second kappa shape index (κ2) is 9.95. The summed E-state index contributed by atoms with van der Waals surface area (Å²) in [4.78, 5) is 19.1. The number of amides is 1. The van der Waals surface area contributed by atoms with E-state index in [1.165, 1.54) is 16.9 Å². The van der Waals surface area contributed by atoms with Gasteiger partial charge in [-0.05, 0) is 46.5 Å². The number of nitrogens with zero attached hydrogens (tertiary/aromatic N) is 2. The molecule has 0 radical (unpaired) electrons. The topological polar surface area (TPSA) is 43.6 Å². The number of carbonyl (C=O) groups is 1. The van der Waals surface area contributed by atoms with Gasteiger partial charge in [-0.1, -0.05) is 96.3 Å². The SMILES string of the molecule is COc1ccc(C(=O)N=c2sc(-c3ccccc3)c(-c3ccc(-c4ccccc4)cc3)n2C)cc1. The minimum atomic E-state index is -0.282. The molecule has 5 heteroatoms. The number of benzene rings is 4. The summed E-state index contributed by atoms with van der Waals surface area (Å²) >= 11 is 1.52. The highest BCUT2D eigenvalue weighted by molar-refractivity contribution is 7.13. The molecule has 0 unspecified atom stereocenters. The molecule has 1 amide bonds. The number of aromatic nitrogens is 1. The van der Waals surface area contributed by atoms with Crippen molar-refractivity contribution in [1.29, 1.82) is 0 Å². The Morgan fingerprint density at radius 2 is 1.26 bits per heavy atom. The Bertz CT molecular complexity index is 1520. The minimum absolute atomic E-state index is 0.282. The van der Waals surface area contributed by atoms with Crippen LogP contribution in [0.25, 0.3) is 32.8 Å². The molecule has 0 N–H and O–H groups in total. The molecule has 5 aromatic rings. The molecule has 0 saturated carbocycles. The third-order valence-electron chi connectivity index (χ3n) is 5.87. The molecule has 4 aromatic carbocycles. The van der Waals surface area contributed by atoms with Crippen LogP contribution in [-0.2, 0) is 7.05 Å². The van der Waals surface area contributed by atoms with Gasteiger partial charge in [-0.2, -0.15) is 4.99 Å². The molecule has 5 rings (SSSR count). The summed E-state index contributed by atoms with van der Waals surface area (Å²) in [6.07, 6.45) is 0. The van der Waals surface area contributed by atoms with Crippen LogP contribution >= 0.6 is 11.3 Å². The van der Waals surface area contributed by atoms with Crippen LogP contribution in [0.3, 0.4) is 0 Å². The van der Waals surface area contributed by atoms with E-state index in [0.717, 1.165) is 27.3 Å². The van der Waals surface area contributed by atoms with Gasteiger partial charge in [-0.3, -0.25) is 4.79 Å². The van der Waals surface area contributed by atoms with Gasteiger partial charge in [0.2, 0.25) is 0 Å². The second-order valence-electron chi connectivity index (χ2n) is 8.08. The number of thiazole rings is 1. The van der Waals surface area contributed by atoms with E-state index in [1.54, 1.807) is 31.4 Å². The third kappa shape index (κ3) is 4.72. The van der Waals surface area contributed by atoms with Gasteiger partial charge in [-0.15, -0.1) is 0 Å². The fraction of sp³-hybridized carbons (Fsp3) is 0.0667. The summed E-state index contributed by atoms with van der Waals surface area (Å²) in [7, 11) is 3.56. The molecule has 0 fully saturated rings. The standard InChI is InChI=1S/C30H24N2O2S/c1-32-27(23-15-13-22(14-16-23)21-9-5-3-6-10-21)28(24-11-7-4-8-12-24)35-30(32)31-29(33)25-17-19-26(34-2)20-18-25/h3-20H,1-2H3. The monoisotopic (exact) mass is 476 g/mol. The Morgan fingerprint density at radius 3 is 1.86 bits per heavy atom. The molecule has 0 spiro atoms. The van der Waals surface area contributed by atoms with Gasteiger partial charge >= 0.3 is 0 Å². The van der Waals surface area contributed by atoms with Crippen molar-refractivity contribution in [2.45, 2.75) is 0 Å². The number of hydrogen-bond donors (Lipinski definition) is 0. The predicted molar refractivity (Wildman–Crippen MR) is 142 cm³/mol. The van der Waals surface area contributed by atoms with Gasteiger partial charge < -0.3 is 9.30 Å². The van der Waals surface area contributed by atoms with Gasteiger partial charge in [0.25, 0.3) is 5.91 Å². The molecule has 0 aliphatic carbocycles. The first-order chi connectivity index (χ1) is 17.1. The lowest BCUT2D eigenvalue weighted by Crippen LogP contribution is -2.14. The smallest absolute Gasteiger partial charge is 0.279 e. The quantitative estimate of drug-likeness (QED) is 0.279. The van der Waals surface area contributed by atoms with E-state index < -0.39 is 0 Å². The number of rotatable bonds is 5. The summed E-state index contributed by atoms with van der Waals surface area (Å²) in [6, 6.07) is 36.1. The number of methoxy groups -OCH3 is 1. The van der Waals surface area contributed by atoms with Gasteiger partial charge in [0.05, 0.1) is 17.7 Å². The zero-order valence-electron chi connectivity index (χ0n) is 19.5. The van der Waals surface area contributed by atoms with Crippen LogP contribution in [0.5, 0.6) is 5.75 Å². The number of hydrogen-bond acceptors (Lipinski definition) is 3. The average Bonchev–Trinajstić information content (AvgIpc) is 3.25. The molecular weight excluding hydrogens is 452 g/mol. The third-order valence-corrected chi connectivity index (χ3v) is 7.05. The van der Waals surface area contributed by atoms with Crippen molar-refractivity contribution in [2.75, 3.05) is 7.11 Å². The highest BCUT2D eigenvalue weighted by atomic mass is 32.1. The van der Waals surface area contributed by atoms with Crippen LogP contribution in [0, 0.1) is 0 Å². The van der Waals surface area contributed by atoms with Crippen molar-refractivity contribution in [3.05, 3.63) is 120 Å². The van der Waals surface area contributed by atoms with Crippen molar-refractivity contribution in [2.24, 2.45) is 12.0 Å². The van der Waals surface area contributed by atoms with Crippen LogP contribution in [0.2, 0.25) is 0 Å². The molecule has 0 aliphatic rings. The summed E-state index contributed by atoms with van der Waals surface area (Å²) in [5.41, 5.74) is 6.05. The van der Waals surface area contributed by atoms with Gasteiger partial charge in [0.15, 0.2) is 4.80 Å². The molecule has 35 heavy (non-hydrogen) atoms. The maximum Gasteiger partial charge on any atom is 0.279 e. The molecule has 0 bridgehead atoms. The molecule has 0 aliphatic heterocycles. The summed E-state index contributed by atoms with van der Waals surface area (Å²) in [5.74, 6) is 0.422. The predicted octanol–water partition coefficient (Wildman–Crippen LogP) is 6.84. The Morgan fingerprint density at radius 1 is 0.714 bits per heavy atom. The molecule has 172 valence electrons. The van der Waals surface area contributed by atoms with Crippen molar-refractivity contribution in [1.82, 2.24) is 4.57 Å². The molecule has 0 atom stereocenters. The Hall–Kier alpha value is -4.22. The lowest BCUT2D eigenvalue weighted by Gasteiger charge is -2.09. The second-order valence-corrected chi connectivity index (χ2v) is 9.05. The Kier molecular flexibility index (Phi) is 6.42. The first-order valence-electron chi connectivity index (χ1n) is 11.3. The van der Waals surface area contributed by atoms with Crippen molar-refractivity contribution < 1.29 is 9.53 Å². The van der Waals surface area contributed by atoms with E-state index in [4.69, 9.17) is 4.74 Å². The first kappa shape index (κ1) is 22.6. The van der Waals surface area contributed by atoms with E-state index in [1.807, 2.05) is 48.0 Å². The van der Waals surface area contributed by atoms with Crippen LogP contribution in [0.15, 0.2) is 114 Å². The molecular formula is C30H24N2O2S. The summed E-state index contributed by atoms with van der Waals surface area (Å²) in [6.45, 7) is 0. The molecule has 0 saturated heterocycles. The average molecular weight is 477 g/mol. The van der Waals surface area contributed by atoms with Crippen molar-refractivity contribution in [3.8, 4) is 38.6 Å². The maximum atomic E-state index is 12.9. The minimum Gasteiger partial charge on any atom is -0.497 e. The van der Waals surface area contributed by atoms with Gasteiger partial charge in [-0.25, -0.2) is 0 Å². The fourth-order valence-electron chi connectivity index (χ4n) is 4.00.